The molecule has 1 heterocycles. The smallest absolute Gasteiger partial charge is 0.262 e. The Morgan fingerprint density at radius 1 is 1.18 bits per heavy atom. The summed E-state index contributed by atoms with van der Waals surface area (Å²) < 4.78 is 20.4. The van der Waals surface area contributed by atoms with Crippen LogP contribution in [0.15, 0.2) is 53.3 Å². The number of ether oxygens (including phenoxy) is 1. The van der Waals surface area contributed by atoms with Gasteiger partial charge in [-0.15, -0.1) is 0 Å². The van der Waals surface area contributed by atoms with Gasteiger partial charge in [0, 0.05) is 0 Å². The predicted molar refractivity (Wildman–Crippen MR) is 85.3 cm³/mol. The fraction of sp³-hybridized carbons (Fsp3) is 0.118. The second kappa shape index (κ2) is 5.81. The Bertz CT molecular complexity index is 888. The number of aromatic nitrogens is 1. The topological polar surface area (TPSA) is 31.2 Å². The van der Waals surface area contributed by atoms with E-state index in [4.69, 9.17) is 16.3 Å². The first-order valence-corrected chi connectivity index (χ1v) is 7.08. The zero-order valence-electron chi connectivity index (χ0n) is 11.8. The van der Waals surface area contributed by atoms with Crippen molar-refractivity contribution in [2.45, 2.75) is 6.54 Å². The third kappa shape index (κ3) is 2.57. The molecule has 0 bridgehead atoms. The average Bonchev–Trinajstić information content (AvgIpc) is 2.52. The van der Waals surface area contributed by atoms with Gasteiger partial charge in [0.25, 0.3) is 5.56 Å². The van der Waals surface area contributed by atoms with Crippen molar-refractivity contribution < 1.29 is 9.13 Å². The largest absolute Gasteiger partial charge is 0.497 e. The number of halogens is 2. The molecule has 2 aromatic carbocycles. The van der Waals surface area contributed by atoms with E-state index in [2.05, 4.69) is 0 Å². The van der Waals surface area contributed by atoms with E-state index in [1.165, 1.54) is 10.6 Å². The lowest BCUT2D eigenvalue weighted by atomic mass is 10.1. The van der Waals surface area contributed by atoms with Gasteiger partial charge in [-0.25, -0.2) is 4.39 Å². The van der Waals surface area contributed by atoms with E-state index in [0.717, 1.165) is 11.3 Å². The third-order valence-corrected chi connectivity index (χ3v) is 3.85. The molecule has 0 aliphatic carbocycles. The van der Waals surface area contributed by atoms with Crippen molar-refractivity contribution >= 4 is 22.4 Å². The first-order valence-electron chi connectivity index (χ1n) is 6.70. The van der Waals surface area contributed by atoms with Gasteiger partial charge < -0.3 is 4.74 Å². The highest BCUT2D eigenvalue weighted by molar-refractivity contribution is 6.30. The van der Waals surface area contributed by atoms with Gasteiger partial charge in [0.1, 0.15) is 16.7 Å². The van der Waals surface area contributed by atoms with Crippen molar-refractivity contribution in [3.63, 3.8) is 0 Å². The van der Waals surface area contributed by atoms with E-state index in [-0.39, 0.29) is 17.1 Å². The van der Waals surface area contributed by atoms with Crippen LogP contribution in [0.2, 0.25) is 5.15 Å². The summed E-state index contributed by atoms with van der Waals surface area (Å²) in [4.78, 5) is 12.5. The van der Waals surface area contributed by atoms with Crippen molar-refractivity contribution in [3.05, 3.63) is 75.4 Å². The van der Waals surface area contributed by atoms with Crippen molar-refractivity contribution in [1.29, 1.82) is 0 Å². The molecule has 0 radical (unpaired) electrons. The van der Waals surface area contributed by atoms with Crippen LogP contribution in [0.5, 0.6) is 5.75 Å². The fourth-order valence-corrected chi connectivity index (χ4v) is 2.64. The third-order valence-electron chi connectivity index (χ3n) is 3.54. The van der Waals surface area contributed by atoms with Gasteiger partial charge >= 0.3 is 0 Å². The Kier molecular flexibility index (Phi) is 3.86. The summed E-state index contributed by atoms with van der Waals surface area (Å²) in [7, 11) is 1.59. The van der Waals surface area contributed by atoms with Crippen LogP contribution in [0, 0.1) is 5.82 Å². The van der Waals surface area contributed by atoms with Gasteiger partial charge in [0.15, 0.2) is 0 Å². The molecule has 0 N–H and O–H groups in total. The molecule has 0 unspecified atom stereocenters. The van der Waals surface area contributed by atoms with Crippen LogP contribution in [0.1, 0.15) is 5.56 Å². The van der Waals surface area contributed by atoms with Crippen LogP contribution in [-0.4, -0.2) is 11.7 Å². The first kappa shape index (κ1) is 14.6. The summed E-state index contributed by atoms with van der Waals surface area (Å²) >= 11 is 6.19. The van der Waals surface area contributed by atoms with Gasteiger partial charge in [-0.2, -0.15) is 0 Å². The summed E-state index contributed by atoms with van der Waals surface area (Å²) in [6.45, 7) is 0.270. The van der Waals surface area contributed by atoms with Crippen LogP contribution in [0.25, 0.3) is 10.8 Å². The number of fused-ring (bicyclic) bond motifs is 1. The maximum absolute atomic E-state index is 13.9. The maximum atomic E-state index is 13.9. The molecule has 0 fully saturated rings. The number of hydrogen-bond donors (Lipinski definition) is 0. The van der Waals surface area contributed by atoms with E-state index < -0.39 is 11.4 Å². The van der Waals surface area contributed by atoms with Crippen molar-refractivity contribution in [3.8, 4) is 5.75 Å². The summed E-state index contributed by atoms with van der Waals surface area (Å²) in [6, 6.07) is 13.4. The van der Waals surface area contributed by atoms with E-state index in [9.17, 15) is 9.18 Å². The number of pyridine rings is 1. The zero-order chi connectivity index (χ0) is 15.7. The van der Waals surface area contributed by atoms with E-state index in [0.29, 0.717) is 5.39 Å². The van der Waals surface area contributed by atoms with Crippen LogP contribution < -0.4 is 10.3 Å². The number of nitrogens with zero attached hydrogens (tertiary/aromatic N) is 1. The molecule has 0 amide bonds. The molecule has 1 aromatic heterocycles. The molecular weight excluding hydrogens is 305 g/mol. The lowest BCUT2D eigenvalue weighted by molar-refractivity contribution is 0.414. The monoisotopic (exact) mass is 317 g/mol. The highest BCUT2D eigenvalue weighted by Crippen LogP contribution is 2.20. The SMILES string of the molecule is COc1ccc(Cn2c(Cl)cc3cccc(F)c3c2=O)cc1. The standard InChI is InChI=1S/C17H13ClFNO2/c1-22-13-7-5-11(6-8-13)10-20-15(18)9-12-3-2-4-14(19)16(12)17(20)21/h2-9H,10H2,1H3. The lowest BCUT2D eigenvalue weighted by Gasteiger charge is -2.11. The van der Waals surface area contributed by atoms with E-state index in [1.54, 1.807) is 37.4 Å². The molecule has 0 spiro atoms. The second-order valence-electron chi connectivity index (χ2n) is 4.91. The van der Waals surface area contributed by atoms with Gasteiger partial charge in [-0.3, -0.25) is 9.36 Å². The molecule has 0 saturated heterocycles. The molecule has 0 saturated carbocycles. The Morgan fingerprint density at radius 3 is 2.59 bits per heavy atom. The first-order chi connectivity index (χ1) is 10.6. The van der Waals surface area contributed by atoms with Crippen molar-refractivity contribution in [1.82, 2.24) is 4.57 Å². The van der Waals surface area contributed by atoms with Gasteiger partial charge in [0.05, 0.1) is 19.0 Å². The van der Waals surface area contributed by atoms with Gasteiger partial charge in [-0.1, -0.05) is 35.9 Å². The summed E-state index contributed by atoms with van der Waals surface area (Å²) in [5, 5.41) is 0.834. The Hall–Kier alpha value is -2.33. The Morgan fingerprint density at radius 2 is 1.91 bits per heavy atom. The average molecular weight is 318 g/mol. The van der Waals surface area contributed by atoms with E-state index >= 15 is 0 Å². The van der Waals surface area contributed by atoms with Crippen LogP contribution in [-0.2, 0) is 6.54 Å². The zero-order valence-corrected chi connectivity index (χ0v) is 12.6. The summed E-state index contributed by atoms with van der Waals surface area (Å²) in [5.74, 6) is 0.189. The van der Waals surface area contributed by atoms with Crippen LogP contribution in [0.4, 0.5) is 4.39 Å². The minimum Gasteiger partial charge on any atom is -0.497 e. The minimum absolute atomic E-state index is 0.0559. The predicted octanol–water partition coefficient (Wildman–Crippen LogP) is 3.85. The molecule has 112 valence electrons. The van der Waals surface area contributed by atoms with Gasteiger partial charge in [0.2, 0.25) is 0 Å². The molecule has 3 nitrogen and oxygen atoms in total. The Balaban J connectivity index is 2.10. The highest BCUT2D eigenvalue weighted by atomic mass is 35.5. The van der Waals surface area contributed by atoms with E-state index in [1.807, 2.05) is 12.1 Å². The van der Waals surface area contributed by atoms with Crippen LogP contribution in [0.3, 0.4) is 0 Å². The Labute approximate surface area is 131 Å². The van der Waals surface area contributed by atoms with Crippen LogP contribution >= 0.6 is 11.6 Å². The normalized spacial score (nSPS) is 10.9. The molecular formula is C17H13ClFNO2. The molecule has 3 aromatic rings. The number of rotatable bonds is 3. The molecule has 5 heteroatoms. The fourth-order valence-electron chi connectivity index (χ4n) is 2.39. The molecule has 0 aliphatic heterocycles. The molecule has 3 rings (SSSR count). The number of methoxy groups -OCH3 is 1. The quantitative estimate of drug-likeness (QED) is 0.687. The summed E-state index contributed by atoms with van der Waals surface area (Å²) in [5.41, 5.74) is 0.442. The number of benzene rings is 2. The molecule has 22 heavy (non-hydrogen) atoms. The lowest BCUT2D eigenvalue weighted by Crippen LogP contribution is -2.22. The summed E-state index contributed by atoms with van der Waals surface area (Å²) in [6.07, 6.45) is 0. The van der Waals surface area contributed by atoms with Gasteiger partial charge in [-0.05, 0) is 35.2 Å². The minimum atomic E-state index is -0.539. The number of hydrogen-bond acceptors (Lipinski definition) is 2. The van der Waals surface area contributed by atoms with Crippen molar-refractivity contribution in [2.75, 3.05) is 7.11 Å². The van der Waals surface area contributed by atoms with Crippen molar-refractivity contribution in [2.24, 2.45) is 0 Å². The molecule has 0 atom stereocenters. The second-order valence-corrected chi connectivity index (χ2v) is 5.30. The highest BCUT2D eigenvalue weighted by Gasteiger charge is 2.11. The maximum Gasteiger partial charge on any atom is 0.262 e. The molecule has 0 aliphatic rings.